The summed E-state index contributed by atoms with van der Waals surface area (Å²) >= 11 is 0. The molecule has 3 aromatic carbocycles. The molecule has 0 spiro atoms. The van der Waals surface area contributed by atoms with Crippen LogP contribution >= 0.6 is 0 Å². The van der Waals surface area contributed by atoms with E-state index in [1.54, 1.807) is 65.6 Å². The van der Waals surface area contributed by atoms with E-state index in [9.17, 15) is 14.4 Å². The van der Waals surface area contributed by atoms with Gasteiger partial charge in [-0.2, -0.15) is 0 Å². The maximum Gasteiger partial charge on any atom is 0.255 e. The van der Waals surface area contributed by atoms with Crippen LogP contribution in [0, 0.1) is 0 Å². The molecule has 7 heteroatoms. The lowest BCUT2D eigenvalue weighted by atomic mass is 10.2. The Hall–Kier alpha value is -4.13. The molecule has 7 nitrogen and oxygen atoms in total. The summed E-state index contributed by atoms with van der Waals surface area (Å²) in [7, 11) is 0. The maximum atomic E-state index is 12.6. The highest BCUT2D eigenvalue weighted by molar-refractivity contribution is 6.05. The molecule has 0 unspecified atom stereocenters. The van der Waals surface area contributed by atoms with Crippen LogP contribution in [-0.2, 0) is 4.79 Å². The minimum Gasteiger partial charge on any atom is -0.457 e. The highest BCUT2D eigenvalue weighted by Gasteiger charge is 2.21. The third-order valence-electron chi connectivity index (χ3n) is 4.98. The number of carbonyl (C=O) groups is 3. The first-order valence-electron chi connectivity index (χ1n) is 9.89. The van der Waals surface area contributed by atoms with Gasteiger partial charge in [-0.3, -0.25) is 14.4 Å². The van der Waals surface area contributed by atoms with E-state index in [2.05, 4.69) is 5.32 Å². The van der Waals surface area contributed by atoms with Crippen LogP contribution in [0.4, 0.5) is 11.4 Å². The largest absolute Gasteiger partial charge is 0.457 e. The summed E-state index contributed by atoms with van der Waals surface area (Å²) in [6.07, 6.45) is 1.40. The van der Waals surface area contributed by atoms with Gasteiger partial charge in [-0.15, -0.1) is 0 Å². The maximum absolute atomic E-state index is 12.6. The number of anilines is 2. The average molecular weight is 415 g/mol. The lowest BCUT2D eigenvalue weighted by Crippen LogP contribution is -2.23. The number of primary amides is 1. The Kier molecular flexibility index (Phi) is 5.66. The monoisotopic (exact) mass is 415 g/mol. The molecule has 31 heavy (non-hydrogen) atoms. The molecule has 156 valence electrons. The Morgan fingerprint density at radius 2 is 1.55 bits per heavy atom. The van der Waals surface area contributed by atoms with Gasteiger partial charge in [-0.1, -0.05) is 6.07 Å². The fourth-order valence-corrected chi connectivity index (χ4v) is 3.37. The van der Waals surface area contributed by atoms with Crippen molar-refractivity contribution in [2.45, 2.75) is 12.8 Å². The molecule has 3 amide bonds. The topological polar surface area (TPSA) is 102 Å². The van der Waals surface area contributed by atoms with Gasteiger partial charge in [-0.05, 0) is 73.2 Å². The molecule has 4 rings (SSSR count). The lowest BCUT2D eigenvalue weighted by Gasteiger charge is -2.16. The first kappa shape index (κ1) is 20.2. The third-order valence-corrected chi connectivity index (χ3v) is 4.98. The smallest absolute Gasteiger partial charge is 0.255 e. The first-order chi connectivity index (χ1) is 15.0. The van der Waals surface area contributed by atoms with Gasteiger partial charge in [0.25, 0.3) is 5.91 Å². The highest BCUT2D eigenvalue weighted by atomic mass is 16.5. The van der Waals surface area contributed by atoms with Crippen molar-refractivity contribution in [3.05, 3.63) is 83.9 Å². The van der Waals surface area contributed by atoms with Gasteiger partial charge in [0.15, 0.2) is 0 Å². The predicted octanol–water partition coefficient (Wildman–Crippen LogP) is 3.96. The minimum atomic E-state index is -0.500. The standard InChI is InChI=1S/C24H21N3O4/c25-23(29)16-6-10-20(11-7-16)31-21-12-8-17(9-13-21)24(30)26-18-3-1-4-19(15-18)27-14-2-5-22(27)28/h1,3-4,6-13,15H,2,5,14H2,(H2,25,29)(H,26,30). The predicted molar refractivity (Wildman–Crippen MR) is 117 cm³/mol. The van der Waals surface area contributed by atoms with Gasteiger partial charge in [0.1, 0.15) is 11.5 Å². The molecule has 0 aromatic heterocycles. The Morgan fingerprint density at radius 1 is 0.903 bits per heavy atom. The molecular weight excluding hydrogens is 394 g/mol. The Labute approximate surface area is 179 Å². The molecule has 3 aromatic rings. The Bertz CT molecular complexity index is 1120. The SMILES string of the molecule is NC(=O)c1ccc(Oc2ccc(C(=O)Nc3cccc(N4CCCC4=O)c3)cc2)cc1. The van der Waals surface area contributed by atoms with Crippen LogP contribution in [-0.4, -0.2) is 24.3 Å². The number of hydrogen-bond acceptors (Lipinski definition) is 4. The number of ether oxygens (including phenoxy) is 1. The summed E-state index contributed by atoms with van der Waals surface area (Å²) in [6.45, 7) is 0.697. The van der Waals surface area contributed by atoms with Crippen molar-refractivity contribution >= 4 is 29.1 Å². The fraction of sp³-hybridized carbons (Fsp3) is 0.125. The van der Waals surface area contributed by atoms with Crippen molar-refractivity contribution in [2.75, 3.05) is 16.8 Å². The number of benzene rings is 3. The molecular formula is C24H21N3O4. The number of rotatable bonds is 6. The second kappa shape index (κ2) is 8.71. The van der Waals surface area contributed by atoms with E-state index < -0.39 is 5.91 Å². The molecule has 0 saturated carbocycles. The Balaban J connectivity index is 1.40. The number of nitrogens with one attached hydrogen (secondary N) is 1. The van der Waals surface area contributed by atoms with E-state index in [1.165, 1.54) is 0 Å². The van der Waals surface area contributed by atoms with E-state index in [0.717, 1.165) is 12.1 Å². The van der Waals surface area contributed by atoms with E-state index in [-0.39, 0.29) is 11.8 Å². The van der Waals surface area contributed by atoms with Crippen LogP contribution in [0.25, 0.3) is 0 Å². The van der Waals surface area contributed by atoms with Gasteiger partial charge in [0, 0.05) is 35.5 Å². The van der Waals surface area contributed by atoms with Crippen LogP contribution in [0.5, 0.6) is 11.5 Å². The second-order valence-corrected chi connectivity index (χ2v) is 7.17. The fourth-order valence-electron chi connectivity index (χ4n) is 3.37. The van der Waals surface area contributed by atoms with Gasteiger partial charge in [-0.25, -0.2) is 0 Å². The summed E-state index contributed by atoms with van der Waals surface area (Å²) in [5.41, 5.74) is 7.51. The third kappa shape index (κ3) is 4.72. The van der Waals surface area contributed by atoms with Crippen LogP contribution in [0.15, 0.2) is 72.8 Å². The van der Waals surface area contributed by atoms with Crippen molar-refractivity contribution in [1.29, 1.82) is 0 Å². The second-order valence-electron chi connectivity index (χ2n) is 7.17. The molecule has 1 heterocycles. The number of amides is 3. The van der Waals surface area contributed by atoms with E-state index >= 15 is 0 Å². The summed E-state index contributed by atoms with van der Waals surface area (Å²) in [6, 6.07) is 20.4. The summed E-state index contributed by atoms with van der Waals surface area (Å²) in [4.78, 5) is 37.4. The van der Waals surface area contributed by atoms with Crippen LogP contribution in [0.3, 0.4) is 0 Å². The van der Waals surface area contributed by atoms with Gasteiger partial charge in [0.2, 0.25) is 11.8 Å². The van der Waals surface area contributed by atoms with Crippen LogP contribution < -0.4 is 20.7 Å². The molecule has 1 aliphatic rings. The number of carbonyl (C=O) groups excluding carboxylic acids is 3. The Morgan fingerprint density at radius 3 is 2.13 bits per heavy atom. The molecule has 1 saturated heterocycles. The quantitative estimate of drug-likeness (QED) is 0.636. The van der Waals surface area contributed by atoms with Gasteiger partial charge >= 0.3 is 0 Å². The van der Waals surface area contributed by atoms with Crippen molar-refractivity contribution in [3.8, 4) is 11.5 Å². The molecule has 0 aliphatic carbocycles. The minimum absolute atomic E-state index is 0.100. The molecule has 1 aliphatic heterocycles. The van der Waals surface area contributed by atoms with Gasteiger partial charge < -0.3 is 20.7 Å². The van der Waals surface area contributed by atoms with Crippen LogP contribution in [0.2, 0.25) is 0 Å². The average Bonchev–Trinajstić information content (AvgIpc) is 3.21. The first-order valence-corrected chi connectivity index (χ1v) is 9.89. The normalized spacial score (nSPS) is 13.2. The molecule has 0 radical (unpaired) electrons. The number of nitrogens with zero attached hydrogens (tertiary/aromatic N) is 1. The lowest BCUT2D eigenvalue weighted by molar-refractivity contribution is -0.117. The van der Waals surface area contributed by atoms with E-state index in [1.807, 2.05) is 12.1 Å². The van der Waals surface area contributed by atoms with Crippen molar-refractivity contribution in [3.63, 3.8) is 0 Å². The van der Waals surface area contributed by atoms with Crippen LogP contribution in [0.1, 0.15) is 33.6 Å². The van der Waals surface area contributed by atoms with E-state index in [0.29, 0.717) is 41.3 Å². The number of hydrogen-bond donors (Lipinski definition) is 2. The summed E-state index contributed by atoms with van der Waals surface area (Å²) in [5, 5.41) is 2.86. The summed E-state index contributed by atoms with van der Waals surface area (Å²) < 4.78 is 5.73. The number of nitrogens with two attached hydrogens (primary N) is 1. The van der Waals surface area contributed by atoms with Crippen molar-refractivity contribution in [2.24, 2.45) is 5.73 Å². The van der Waals surface area contributed by atoms with Crippen molar-refractivity contribution in [1.82, 2.24) is 0 Å². The molecule has 0 bridgehead atoms. The van der Waals surface area contributed by atoms with Gasteiger partial charge in [0.05, 0.1) is 0 Å². The zero-order chi connectivity index (χ0) is 21.8. The molecule has 0 atom stereocenters. The zero-order valence-corrected chi connectivity index (χ0v) is 16.7. The van der Waals surface area contributed by atoms with E-state index in [4.69, 9.17) is 10.5 Å². The highest BCUT2D eigenvalue weighted by Crippen LogP contribution is 2.25. The zero-order valence-electron chi connectivity index (χ0n) is 16.7. The molecule has 3 N–H and O–H groups in total. The summed E-state index contributed by atoms with van der Waals surface area (Å²) in [5.74, 6) is 0.443. The van der Waals surface area contributed by atoms with Crippen molar-refractivity contribution < 1.29 is 19.1 Å². The molecule has 1 fully saturated rings.